The minimum atomic E-state index is 0.171. The van der Waals surface area contributed by atoms with Crippen molar-refractivity contribution >= 4 is 5.90 Å². The second-order valence-corrected chi connectivity index (χ2v) is 5.96. The lowest BCUT2D eigenvalue weighted by molar-refractivity contribution is -0.0249. The molecule has 0 aromatic heterocycles. The summed E-state index contributed by atoms with van der Waals surface area (Å²) in [6, 6.07) is 0. The lowest BCUT2D eigenvalue weighted by atomic mass is 9.49. The normalized spacial score (nSPS) is 46.9. The Morgan fingerprint density at radius 2 is 1.60 bits per heavy atom. The van der Waals surface area contributed by atoms with E-state index in [2.05, 4.69) is 0 Å². The second kappa shape index (κ2) is 3.23. The molecule has 84 valence electrons. The Balaban J connectivity index is 1.83. The van der Waals surface area contributed by atoms with Crippen LogP contribution in [0.1, 0.15) is 45.4 Å². The predicted octanol–water partition coefficient (Wildman–Crippen LogP) is 3.22. The van der Waals surface area contributed by atoms with Gasteiger partial charge in [0.1, 0.15) is 0 Å². The van der Waals surface area contributed by atoms with Crippen LogP contribution in [-0.4, -0.2) is 12.5 Å². The first kappa shape index (κ1) is 9.68. The molecule has 0 saturated heterocycles. The molecule has 0 atom stereocenters. The quantitative estimate of drug-likeness (QED) is 0.547. The molecule has 4 fully saturated rings. The Bertz CT molecular complexity index is 249. The van der Waals surface area contributed by atoms with Gasteiger partial charge in [0.05, 0.1) is 6.61 Å². The van der Waals surface area contributed by atoms with Crippen molar-refractivity contribution in [2.75, 3.05) is 6.61 Å². The molecule has 4 aliphatic carbocycles. The van der Waals surface area contributed by atoms with Gasteiger partial charge in [-0.2, -0.15) is 0 Å². The van der Waals surface area contributed by atoms with Crippen LogP contribution in [0.25, 0.3) is 0 Å². The third-order valence-electron chi connectivity index (χ3n) is 4.81. The van der Waals surface area contributed by atoms with E-state index in [9.17, 15) is 0 Å². The van der Waals surface area contributed by atoms with Crippen LogP contribution in [0.3, 0.4) is 0 Å². The van der Waals surface area contributed by atoms with E-state index >= 15 is 0 Å². The maximum absolute atomic E-state index is 8.14. The molecule has 0 aromatic rings. The predicted molar refractivity (Wildman–Crippen MR) is 60.0 cm³/mol. The van der Waals surface area contributed by atoms with Gasteiger partial charge < -0.3 is 4.74 Å². The minimum absolute atomic E-state index is 0.171. The van der Waals surface area contributed by atoms with E-state index in [4.69, 9.17) is 10.1 Å². The Morgan fingerprint density at radius 3 is 2.00 bits per heavy atom. The maximum atomic E-state index is 8.14. The van der Waals surface area contributed by atoms with E-state index in [-0.39, 0.29) is 5.41 Å². The number of ether oxygens (including phenoxy) is 1. The first-order chi connectivity index (χ1) is 7.22. The third kappa shape index (κ3) is 1.41. The molecular formula is C13H21NO. The molecule has 15 heavy (non-hydrogen) atoms. The lowest BCUT2D eigenvalue weighted by Crippen LogP contribution is -2.50. The van der Waals surface area contributed by atoms with Crippen molar-refractivity contribution in [3.63, 3.8) is 0 Å². The van der Waals surface area contributed by atoms with Crippen LogP contribution in [0.4, 0.5) is 0 Å². The molecule has 0 heterocycles. The smallest absolute Gasteiger partial charge is 0.186 e. The maximum Gasteiger partial charge on any atom is 0.186 e. The van der Waals surface area contributed by atoms with Gasteiger partial charge in [-0.1, -0.05) is 0 Å². The van der Waals surface area contributed by atoms with Crippen LogP contribution in [0.2, 0.25) is 0 Å². The molecule has 0 unspecified atom stereocenters. The molecule has 0 aliphatic heterocycles. The largest absolute Gasteiger partial charge is 0.481 e. The molecule has 0 spiro atoms. The van der Waals surface area contributed by atoms with Gasteiger partial charge in [-0.25, -0.2) is 0 Å². The zero-order chi connectivity index (χ0) is 10.5. The first-order valence-corrected chi connectivity index (χ1v) is 6.43. The van der Waals surface area contributed by atoms with E-state index in [1.54, 1.807) is 0 Å². The first-order valence-electron chi connectivity index (χ1n) is 6.43. The standard InChI is InChI=1S/C13H21NO/c1-2-15-12(14)13-6-9-3-10(7-13)5-11(4-9)8-13/h9-11,14H,2-8H2,1H3. The summed E-state index contributed by atoms with van der Waals surface area (Å²) in [4.78, 5) is 0. The zero-order valence-electron chi connectivity index (χ0n) is 9.59. The summed E-state index contributed by atoms with van der Waals surface area (Å²) < 4.78 is 5.51. The molecule has 4 saturated carbocycles. The van der Waals surface area contributed by atoms with Crippen molar-refractivity contribution in [3.8, 4) is 0 Å². The monoisotopic (exact) mass is 207 g/mol. The lowest BCUT2D eigenvalue weighted by Gasteiger charge is -2.56. The number of nitrogens with one attached hydrogen (secondary N) is 1. The van der Waals surface area contributed by atoms with Gasteiger partial charge in [-0.05, 0) is 63.2 Å². The second-order valence-electron chi connectivity index (χ2n) is 5.96. The molecule has 4 rings (SSSR count). The van der Waals surface area contributed by atoms with E-state index in [1.807, 2.05) is 6.92 Å². The zero-order valence-corrected chi connectivity index (χ0v) is 9.59. The Hall–Kier alpha value is -0.530. The highest BCUT2D eigenvalue weighted by atomic mass is 16.5. The topological polar surface area (TPSA) is 33.1 Å². The number of hydrogen-bond acceptors (Lipinski definition) is 2. The molecule has 0 aromatic carbocycles. The van der Waals surface area contributed by atoms with Crippen molar-refractivity contribution in [1.82, 2.24) is 0 Å². The molecule has 4 bridgehead atoms. The molecule has 4 aliphatic rings. The van der Waals surface area contributed by atoms with Gasteiger partial charge in [-0.3, -0.25) is 5.41 Å². The molecule has 2 heteroatoms. The number of hydrogen-bond donors (Lipinski definition) is 1. The molecule has 2 nitrogen and oxygen atoms in total. The summed E-state index contributed by atoms with van der Waals surface area (Å²) in [5.74, 6) is 3.36. The van der Waals surface area contributed by atoms with E-state index in [0.29, 0.717) is 12.5 Å². The van der Waals surface area contributed by atoms with Crippen LogP contribution in [-0.2, 0) is 4.74 Å². The van der Waals surface area contributed by atoms with Crippen molar-refractivity contribution in [2.24, 2.45) is 23.2 Å². The Morgan fingerprint density at radius 1 is 1.13 bits per heavy atom. The summed E-state index contributed by atoms with van der Waals surface area (Å²) >= 11 is 0. The average Bonchev–Trinajstić information content (AvgIpc) is 2.15. The molecule has 1 N–H and O–H groups in total. The summed E-state index contributed by atoms with van der Waals surface area (Å²) in [6.45, 7) is 2.66. The summed E-state index contributed by atoms with van der Waals surface area (Å²) in [5.41, 5.74) is 0.171. The Labute approximate surface area is 91.9 Å². The van der Waals surface area contributed by atoms with Crippen LogP contribution in [0.5, 0.6) is 0 Å². The van der Waals surface area contributed by atoms with Gasteiger partial charge in [0, 0.05) is 5.41 Å². The van der Waals surface area contributed by atoms with Crippen molar-refractivity contribution in [1.29, 1.82) is 5.41 Å². The fourth-order valence-electron chi connectivity index (χ4n) is 4.69. The van der Waals surface area contributed by atoms with E-state index in [0.717, 1.165) is 17.8 Å². The highest BCUT2D eigenvalue weighted by Crippen LogP contribution is 2.60. The van der Waals surface area contributed by atoms with Gasteiger partial charge in [0.2, 0.25) is 0 Å². The summed E-state index contributed by atoms with van der Waals surface area (Å²) in [7, 11) is 0. The summed E-state index contributed by atoms with van der Waals surface area (Å²) in [5, 5.41) is 8.14. The number of rotatable bonds is 2. The SMILES string of the molecule is CCOC(=N)C12CC3CC(CC(C3)C1)C2. The van der Waals surface area contributed by atoms with E-state index < -0.39 is 0 Å². The van der Waals surface area contributed by atoms with Gasteiger partial charge >= 0.3 is 0 Å². The minimum Gasteiger partial charge on any atom is -0.481 e. The van der Waals surface area contributed by atoms with Gasteiger partial charge in [0.25, 0.3) is 0 Å². The van der Waals surface area contributed by atoms with E-state index in [1.165, 1.54) is 38.5 Å². The fraction of sp³-hybridized carbons (Fsp3) is 0.923. The third-order valence-corrected chi connectivity index (χ3v) is 4.81. The van der Waals surface area contributed by atoms with Crippen LogP contribution in [0.15, 0.2) is 0 Å². The Kier molecular flexibility index (Phi) is 2.08. The highest BCUT2D eigenvalue weighted by molar-refractivity contribution is 5.80. The van der Waals surface area contributed by atoms with Gasteiger partial charge in [-0.15, -0.1) is 0 Å². The molecule has 0 amide bonds. The van der Waals surface area contributed by atoms with Crippen molar-refractivity contribution < 1.29 is 4.74 Å². The molecular weight excluding hydrogens is 186 g/mol. The van der Waals surface area contributed by atoms with Crippen molar-refractivity contribution in [2.45, 2.75) is 45.4 Å². The van der Waals surface area contributed by atoms with Gasteiger partial charge in [0.15, 0.2) is 5.90 Å². The van der Waals surface area contributed by atoms with Crippen LogP contribution >= 0.6 is 0 Å². The summed E-state index contributed by atoms with van der Waals surface area (Å²) in [6.07, 6.45) is 8.07. The van der Waals surface area contributed by atoms with Crippen LogP contribution < -0.4 is 0 Å². The van der Waals surface area contributed by atoms with Crippen LogP contribution in [0, 0.1) is 28.6 Å². The fourth-order valence-corrected chi connectivity index (χ4v) is 4.69. The van der Waals surface area contributed by atoms with Crippen molar-refractivity contribution in [3.05, 3.63) is 0 Å². The highest BCUT2D eigenvalue weighted by Gasteiger charge is 2.53. The molecule has 0 radical (unpaired) electrons. The average molecular weight is 207 g/mol.